The molecule has 0 atom stereocenters. The Hall–Kier alpha value is -3.66. The third-order valence-corrected chi connectivity index (χ3v) is 5.10. The molecule has 0 amide bonds. The molecule has 6 rings (SSSR count). The third-order valence-electron chi connectivity index (χ3n) is 5.10. The van der Waals surface area contributed by atoms with Crippen molar-refractivity contribution in [3.63, 3.8) is 0 Å². The SMILES string of the molecule is c1ccc2c(c1)c1ccncc1n2-n1c2ccccc2c2ccncc21. The minimum atomic E-state index is 1.08. The summed E-state index contributed by atoms with van der Waals surface area (Å²) in [5, 5.41) is 4.84. The van der Waals surface area contributed by atoms with Gasteiger partial charge in [-0.15, -0.1) is 0 Å². The molecular weight excluding hydrogens is 320 g/mol. The summed E-state index contributed by atoms with van der Waals surface area (Å²) in [4.78, 5) is 8.78. The van der Waals surface area contributed by atoms with E-state index >= 15 is 0 Å². The van der Waals surface area contributed by atoms with Gasteiger partial charge < -0.3 is 0 Å². The van der Waals surface area contributed by atoms with Crippen LogP contribution in [0.5, 0.6) is 0 Å². The molecule has 6 aromatic rings. The predicted octanol–water partition coefficient (Wildman–Crippen LogP) is 5.00. The molecule has 0 aliphatic carbocycles. The van der Waals surface area contributed by atoms with Gasteiger partial charge in [0.2, 0.25) is 0 Å². The Labute approximate surface area is 148 Å². The van der Waals surface area contributed by atoms with E-state index < -0.39 is 0 Å². The molecule has 0 fully saturated rings. The number of fused-ring (bicyclic) bond motifs is 6. The minimum absolute atomic E-state index is 1.08. The van der Waals surface area contributed by atoms with Gasteiger partial charge in [-0.2, -0.15) is 0 Å². The monoisotopic (exact) mass is 334 g/mol. The molecule has 2 aromatic carbocycles. The topological polar surface area (TPSA) is 35.6 Å². The van der Waals surface area contributed by atoms with Gasteiger partial charge in [0.15, 0.2) is 0 Å². The molecule has 0 N–H and O–H groups in total. The molecule has 0 spiro atoms. The summed E-state index contributed by atoms with van der Waals surface area (Å²) in [5.41, 5.74) is 4.48. The highest BCUT2D eigenvalue weighted by Gasteiger charge is 2.17. The molecule has 4 nitrogen and oxygen atoms in total. The maximum Gasteiger partial charge on any atom is 0.0899 e. The zero-order valence-electron chi connectivity index (χ0n) is 13.9. The van der Waals surface area contributed by atoms with E-state index in [9.17, 15) is 0 Å². The molecule has 122 valence electrons. The van der Waals surface area contributed by atoms with E-state index in [1.807, 2.05) is 24.8 Å². The maximum absolute atomic E-state index is 4.39. The van der Waals surface area contributed by atoms with Crippen molar-refractivity contribution in [3.8, 4) is 0 Å². The lowest BCUT2D eigenvalue weighted by atomic mass is 10.2. The molecule has 26 heavy (non-hydrogen) atoms. The summed E-state index contributed by atoms with van der Waals surface area (Å²) in [7, 11) is 0. The molecule has 0 unspecified atom stereocenters. The number of nitrogens with zero attached hydrogens (tertiary/aromatic N) is 4. The lowest BCUT2D eigenvalue weighted by Crippen LogP contribution is -2.08. The van der Waals surface area contributed by atoms with E-state index in [0.29, 0.717) is 0 Å². The van der Waals surface area contributed by atoms with Crippen LogP contribution in [0.3, 0.4) is 0 Å². The number of para-hydroxylation sites is 2. The summed E-state index contributed by atoms with van der Waals surface area (Å²) in [5.74, 6) is 0. The van der Waals surface area contributed by atoms with Crippen molar-refractivity contribution < 1.29 is 0 Å². The Bertz CT molecular complexity index is 1220. The van der Waals surface area contributed by atoms with Crippen LogP contribution in [0, 0.1) is 0 Å². The van der Waals surface area contributed by atoms with Crippen molar-refractivity contribution in [1.82, 2.24) is 19.3 Å². The fourth-order valence-corrected chi connectivity index (χ4v) is 4.03. The van der Waals surface area contributed by atoms with E-state index in [0.717, 1.165) is 22.1 Å². The van der Waals surface area contributed by atoms with Gasteiger partial charge in [-0.1, -0.05) is 36.4 Å². The summed E-state index contributed by atoms with van der Waals surface area (Å²) in [6.07, 6.45) is 7.58. The van der Waals surface area contributed by atoms with Gasteiger partial charge in [0.1, 0.15) is 0 Å². The molecule has 4 heteroatoms. The molecule has 0 saturated carbocycles. The van der Waals surface area contributed by atoms with Gasteiger partial charge in [-0.3, -0.25) is 9.97 Å². The van der Waals surface area contributed by atoms with Gasteiger partial charge in [0.05, 0.1) is 34.5 Å². The van der Waals surface area contributed by atoms with Crippen molar-refractivity contribution in [2.75, 3.05) is 0 Å². The second kappa shape index (κ2) is 4.92. The zero-order valence-corrected chi connectivity index (χ0v) is 13.9. The van der Waals surface area contributed by atoms with E-state index in [4.69, 9.17) is 0 Å². The Morgan fingerprint density at radius 2 is 0.885 bits per heavy atom. The highest BCUT2D eigenvalue weighted by Crippen LogP contribution is 2.34. The van der Waals surface area contributed by atoms with E-state index in [2.05, 4.69) is 80.0 Å². The Balaban J connectivity index is 1.93. The highest BCUT2D eigenvalue weighted by atomic mass is 15.5. The van der Waals surface area contributed by atoms with Crippen molar-refractivity contribution in [1.29, 1.82) is 0 Å². The minimum Gasteiger partial charge on any atom is -0.262 e. The molecule has 0 bridgehead atoms. The predicted molar refractivity (Wildman–Crippen MR) is 105 cm³/mol. The summed E-state index contributed by atoms with van der Waals surface area (Å²) in [6, 6.07) is 21.1. The van der Waals surface area contributed by atoms with Gasteiger partial charge in [-0.25, -0.2) is 9.35 Å². The Morgan fingerprint density at radius 3 is 1.38 bits per heavy atom. The van der Waals surface area contributed by atoms with Crippen molar-refractivity contribution in [3.05, 3.63) is 85.5 Å². The first kappa shape index (κ1) is 13.6. The van der Waals surface area contributed by atoms with Crippen molar-refractivity contribution in [2.24, 2.45) is 0 Å². The first-order valence-electron chi connectivity index (χ1n) is 8.60. The molecule has 4 aromatic heterocycles. The molecular formula is C22H14N4. The average Bonchev–Trinajstić information content (AvgIpc) is 3.21. The van der Waals surface area contributed by atoms with Gasteiger partial charge in [0.25, 0.3) is 0 Å². The van der Waals surface area contributed by atoms with E-state index in [1.165, 1.54) is 21.5 Å². The number of rotatable bonds is 1. The molecule has 0 radical (unpaired) electrons. The lowest BCUT2D eigenvalue weighted by molar-refractivity contribution is 0.772. The second-order valence-corrected chi connectivity index (χ2v) is 6.44. The second-order valence-electron chi connectivity index (χ2n) is 6.44. The van der Waals surface area contributed by atoms with E-state index in [1.54, 1.807) is 0 Å². The van der Waals surface area contributed by atoms with Crippen LogP contribution in [0.2, 0.25) is 0 Å². The normalized spacial score (nSPS) is 11.8. The van der Waals surface area contributed by atoms with Crippen LogP contribution in [0.25, 0.3) is 43.6 Å². The standard InChI is InChI=1S/C22H14N4/c1-3-7-19-15(5-1)17-9-11-23-13-21(17)25(19)26-20-8-4-2-6-16(20)18-10-12-24-14-22(18)26/h1-14H. The summed E-state index contributed by atoms with van der Waals surface area (Å²) in [6.45, 7) is 0. The highest BCUT2D eigenvalue weighted by molar-refractivity contribution is 6.11. The first-order valence-corrected chi connectivity index (χ1v) is 8.60. The summed E-state index contributed by atoms with van der Waals surface area (Å²) < 4.78 is 4.51. The quantitative estimate of drug-likeness (QED) is 0.424. The van der Waals surface area contributed by atoms with Crippen LogP contribution in [-0.4, -0.2) is 19.3 Å². The molecule has 0 saturated heterocycles. The average molecular weight is 334 g/mol. The summed E-state index contributed by atoms with van der Waals surface area (Å²) >= 11 is 0. The van der Waals surface area contributed by atoms with E-state index in [-0.39, 0.29) is 0 Å². The number of pyridine rings is 2. The van der Waals surface area contributed by atoms with Crippen LogP contribution >= 0.6 is 0 Å². The number of benzene rings is 2. The zero-order chi connectivity index (χ0) is 17.1. The van der Waals surface area contributed by atoms with Crippen LogP contribution in [0.15, 0.2) is 85.5 Å². The van der Waals surface area contributed by atoms with Gasteiger partial charge in [0, 0.05) is 33.9 Å². The molecule has 0 aliphatic rings. The maximum atomic E-state index is 4.39. The first-order chi connectivity index (χ1) is 12.9. The van der Waals surface area contributed by atoms with Crippen LogP contribution in [-0.2, 0) is 0 Å². The largest absolute Gasteiger partial charge is 0.262 e. The number of hydrogen-bond acceptors (Lipinski definition) is 2. The number of hydrogen-bond donors (Lipinski definition) is 0. The smallest absolute Gasteiger partial charge is 0.0899 e. The van der Waals surface area contributed by atoms with Gasteiger partial charge >= 0.3 is 0 Å². The molecule has 4 heterocycles. The number of aromatic nitrogens is 4. The fourth-order valence-electron chi connectivity index (χ4n) is 4.03. The third kappa shape index (κ3) is 1.63. The van der Waals surface area contributed by atoms with Crippen LogP contribution < -0.4 is 0 Å². The lowest BCUT2D eigenvalue weighted by Gasteiger charge is -2.12. The Morgan fingerprint density at radius 1 is 0.462 bits per heavy atom. The van der Waals surface area contributed by atoms with Crippen molar-refractivity contribution >= 4 is 43.6 Å². The molecule has 0 aliphatic heterocycles. The van der Waals surface area contributed by atoms with Gasteiger partial charge in [-0.05, 0) is 24.3 Å². The fraction of sp³-hybridized carbons (Fsp3) is 0. The van der Waals surface area contributed by atoms with Crippen molar-refractivity contribution in [2.45, 2.75) is 0 Å². The Kier molecular flexibility index (Phi) is 2.58. The van der Waals surface area contributed by atoms with Crippen LogP contribution in [0.4, 0.5) is 0 Å². The van der Waals surface area contributed by atoms with Crippen LogP contribution in [0.1, 0.15) is 0 Å².